The molecule has 0 aliphatic carbocycles. The number of ether oxygens (including phenoxy) is 4. The van der Waals surface area contributed by atoms with Crippen LogP contribution >= 0.6 is 0 Å². The van der Waals surface area contributed by atoms with Gasteiger partial charge in [-0.15, -0.1) is 0 Å². The van der Waals surface area contributed by atoms with Crippen LogP contribution in [0, 0.1) is 5.92 Å². The van der Waals surface area contributed by atoms with Gasteiger partial charge in [0.2, 0.25) is 0 Å². The number of hydrogen-bond acceptors (Lipinski definition) is 8. The summed E-state index contributed by atoms with van der Waals surface area (Å²) < 4.78 is 20.8. The Hall–Kier alpha value is -4.08. The van der Waals surface area contributed by atoms with Crippen LogP contribution in [0.25, 0.3) is 0 Å². The molecule has 0 bridgehead atoms. The van der Waals surface area contributed by atoms with E-state index in [4.69, 9.17) is 18.9 Å². The molecule has 2 aromatic rings. The summed E-state index contributed by atoms with van der Waals surface area (Å²) in [6.07, 6.45) is 1.05. The molecule has 1 aliphatic rings. The summed E-state index contributed by atoms with van der Waals surface area (Å²) in [4.78, 5) is 50.2. The van der Waals surface area contributed by atoms with E-state index in [-0.39, 0.29) is 42.5 Å². The molecule has 36 heavy (non-hydrogen) atoms. The second kappa shape index (κ2) is 13.1. The van der Waals surface area contributed by atoms with Crippen LogP contribution < -0.4 is 14.8 Å². The lowest BCUT2D eigenvalue weighted by atomic mass is 9.97. The van der Waals surface area contributed by atoms with Crippen LogP contribution in [0.1, 0.15) is 30.1 Å². The fourth-order valence-electron chi connectivity index (χ4n) is 3.66. The van der Waals surface area contributed by atoms with Gasteiger partial charge in [-0.3, -0.25) is 14.4 Å². The van der Waals surface area contributed by atoms with Gasteiger partial charge in [0.25, 0.3) is 11.8 Å². The average Bonchev–Trinajstić information content (AvgIpc) is 2.91. The third kappa shape index (κ3) is 7.72. The Kier molecular flexibility index (Phi) is 9.67. The number of carbonyl (C=O) groups is 4. The van der Waals surface area contributed by atoms with Gasteiger partial charge < -0.3 is 29.2 Å². The van der Waals surface area contributed by atoms with Crippen molar-refractivity contribution in [1.82, 2.24) is 4.90 Å². The lowest BCUT2D eigenvalue weighted by Crippen LogP contribution is -2.42. The minimum Gasteiger partial charge on any atom is -0.497 e. The number of nitrogens with zero attached hydrogens (tertiary/aromatic N) is 1. The molecule has 0 radical (unpaired) electrons. The molecule has 2 amide bonds. The number of amides is 2. The van der Waals surface area contributed by atoms with Crippen LogP contribution in [0.3, 0.4) is 0 Å². The van der Waals surface area contributed by atoms with Crippen LogP contribution in [0.15, 0.2) is 48.5 Å². The van der Waals surface area contributed by atoms with Crippen molar-refractivity contribution in [3.8, 4) is 11.5 Å². The molecular weight excluding hydrogens is 468 g/mol. The first-order valence-corrected chi connectivity index (χ1v) is 11.7. The molecule has 10 heteroatoms. The minimum atomic E-state index is -0.646. The number of benzene rings is 2. The number of likely N-dealkylation sites (tertiary alicyclic amines) is 1. The smallest absolute Gasteiger partial charge is 0.338 e. The fourth-order valence-corrected chi connectivity index (χ4v) is 3.66. The maximum absolute atomic E-state index is 12.4. The van der Waals surface area contributed by atoms with Gasteiger partial charge in [0, 0.05) is 24.8 Å². The van der Waals surface area contributed by atoms with Crippen molar-refractivity contribution in [2.75, 3.05) is 45.3 Å². The maximum Gasteiger partial charge on any atom is 0.338 e. The Morgan fingerprint density at radius 2 is 1.67 bits per heavy atom. The van der Waals surface area contributed by atoms with Crippen molar-refractivity contribution in [3.05, 3.63) is 54.1 Å². The van der Waals surface area contributed by atoms with E-state index in [0.29, 0.717) is 49.7 Å². The summed E-state index contributed by atoms with van der Waals surface area (Å²) >= 11 is 0. The number of rotatable bonds is 10. The SMILES string of the molecule is CCOC(=O)C1CCN(C(=O)COC(=O)c2ccc(OCC(=O)Nc3cccc(OC)c3)cc2)CC1. The summed E-state index contributed by atoms with van der Waals surface area (Å²) in [6.45, 7) is 2.32. The van der Waals surface area contributed by atoms with Crippen molar-refractivity contribution < 1.29 is 38.1 Å². The lowest BCUT2D eigenvalue weighted by molar-refractivity contribution is -0.151. The van der Waals surface area contributed by atoms with Crippen molar-refractivity contribution in [2.24, 2.45) is 5.92 Å². The normalized spacial score (nSPS) is 13.4. The first-order valence-electron chi connectivity index (χ1n) is 11.7. The molecule has 0 saturated carbocycles. The highest BCUT2D eigenvalue weighted by Crippen LogP contribution is 2.19. The van der Waals surface area contributed by atoms with Gasteiger partial charge in [-0.1, -0.05) is 6.07 Å². The number of carbonyl (C=O) groups excluding carboxylic acids is 4. The molecule has 2 aromatic carbocycles. The Morgan fingerprint density at radius 3 is 2.33 bits per heavy atom. The zero-order valence-corrected chi connectivity index (χ0v) is 20.4. The zero-order chi connectivity index (χ0) is 25.9. The minimum absolute atomic E-state index is 0.204. The Labute approximate surface area is 209 Å². The largest absolute Gasteiger partial charge is 0.497 e. The molecule has 3 rings (SSSR count). The van der Waals surface area contributed by atoms with Crippen LogP contribution in [0.5, 0.6) is 11.5 Å². The van der Waals surface area contributed by atoms with E-state index < -0.39 is 5.97 Å². The third-order valence-electron chi connectivity index (χ3n) is 5.61. The number of esters is 2. The van der Waals surface area contributed by atoms with Gasteiger partial charge in [-0.2, -0.15) is 0 Å². The molecule has 0 atom stereocenters. The molecule has 1 fully saturated rings. The standard InChI is InChI=1S/C26H30N2O8/c1-3-34-25(31)19-11-13-28(14-12-19)24(30)17-36-26(32)18-7-9-21(10-8-18)35-16-23(29)27-20-5-4-6-22(15-20)33-2/h4-10,15,19H,3,11-14,16-17H2,1-2H3,(H,27,29). The predicted molar refractivity (Wildman–Crippen MR) is 130 cm³/mol. The van der Waals surface area contributed by atoms with Crippen molar-refractivity contribution in [3.63, 3.8) is 0 Å². The topological polar surface area (TPSA) is 120 Å². The Bertz CT molecular complexity index is 1060. The van der Waals surface area contributed by atoms with E-state index in [0.717, 1.165) is 0 Å². The molecule has 0 unspecified atom stereocenters. The lowest BCUT2D eigenvalue weighted by Gasteiger charge is -2.30. The van der Waals surface area contributed by atoms with Crippen LogP contribution in [0.4, 0.5) is 5.69 Å². The van der Waals surface area contributed by atoms with Gasteiger partial charge in [-0.25, -0.2) is 4.79 Å². The Balaban J connectivity index is 1.39. The van der Waals surface area contributed by atoms with Crippen molar-refractivity contribution >= 4 is 29.4 Å². The predicted octanol–water partition coefficient (Wildman–Crippen LogP) is 2.67. The summed E-state index contributed by atoms with van der Waals surface area (Å²) in [5.74, 6) is -0.730. The summed E-state index contributed by atoms with van der Waals surface area (Å²) in [5, 5.41) is 2.71. The van der Waals surface area contributed by atoms with Crippen LogP contribution in [0.2, 0.25) is 0 Å². The van der Waals surface area contributed by atoms with Gasteiger partial charge in [0.1, 0.15) is 11.5 Å². The monoisotopic (exact) mass is 498 g/mol. The van der Waals surface area contributed by atoms with E-state index >= 15 is 0 Å². The van der Waals surface area contributed by atoms with E-state index in [1.54, 1.807) is 43.2 Å². The third-order valence-corrected chi connectivity index (χ3v) is 5.61. The molecule has 1 heterocycles. The quantitative estimate of drug-likeness (QED) is 0.497. The van der Waals surface area contributed by atoms with Gasteiger partial charge in [0.05, 0.1) is 25.2 Å². The Morgan fingerprint density at radius 1 is 0.944 bits per heavy atom. The number of piperidine rings is 1. The van der Waals surface area contributed by atoms with E-state index in [1.165, 1.54) is 24.3 Å². The van der Waals surface area contributed by atoms with Gasteiger partial charge in [-0.05, 0) is 56.2 Å². The van der Waals surface area contributed by atoms with Gasteiger partial charge in [0.15, 0.2) is 13.2 Å². The molecule has 10 nitrogen and oxygen atoms in total. The fraction of sp³-hybridized carbons (Fsp3) is 0.385. The summed E-state index contributed by atoms with van der Waals surface area (Å²) in [6, 6.07) is 13.0. The summed E-state index contributed by atoms with van der Waals surface area (Å²) in [7, 11) is 1.54. The first kappa shape index (κ1) is 26.5. The molecule has 1 N–H and O–H groups in total. The summed E-state index contributed by atoms with van der Waals surface area (Å²) in [5.41, 5.74) is 0.830. The molecule has 1 saturated heterocycles. The highest BCUT2D eigenvalue weighted by molar-refractivity contribution is 5.92. The van der Waals surface area contributed by atoms with Crippen molar-refractivity contribution in [1.29, 1.82) is 0 Å². The van der Waals surface area contributed by atoms with E-state index in [2.05, 4.69) is 5.32 Å². The highest BCUT2D eigenvalue weighted by Gasteiger charge is 2.28. The average molecular weight is 499 g/mol. The molecule has 192 valence electrons. The highest BCUT2D eigenvalue weighted by atomic mass is 16.5. The second-order valence-corrected chi connectivity index (χ2v) is 8.08. The molecule has 0 aromatic heterocycles. The maximum atomic E-state index is 12.4. The zero-order valence-electron chi connectivity index (χ0n) is 20.4. The van der Waals surface area contributed by atoms with E-state index in [1.807, 2.05) is 0 Å². The van der Waals surface area contributed by atoms with Crippen LogP contribution in [-0.2, 0) is 23.9 Å². The molecule has 1 aliphatic heterocycles. The van der Waals surface area contributed by atoms with Gasteiger partial charge >= 0.3 is 11.9 Å². The number of anilines is 1. The second-order valence-electron chi connectivity index (χ2n) is 8.08. The number of methoxy groups -OCH3 is 1. The molecular formula is C26H30N2O8. The molecule has 0 spiro atoms. The number of nitrogens with one attached hydrogen (secondary N) is 1. The first-order chi connectivity index (χ1) is 17.4. The van der Waals surface area contributed by atoms with Crippen LogP contribution in [-0.4, -0.2) is 68.7 Å². The number of hydrogen-bond donors (Lipinski definition) is 1. The van der Waals surface area contributed by atoms with E-state index in [9.17, 15) is 19.2 Å². The van der Waals surface area contributed by atoms with Crippen molar-refractivity contribution in [2.45, 2.75) is 19.8 Å².